The number of hydrogen-bond acceptors (Lipinski definition) is 6. The predicted octanol–water partition coefficient (Wildman–Crippen LogP) is 5.15. The number of nitro groups is 1. The summed E-state index contributed by atoms with van der Waals surface area (Å²) in [6.45, 7) is 0.280. The van der Waals surface area contributed by atoms with Gasteiger partial charge in [0.25, 0.3) is 11.6 Å². The normalized spacial score (nSPS) is 10.4. The van der Waals surface area contributed by atoms with Gasteiger partial charge < -0.3 is 14.8 Å². The summed E-state index contributed by atoms with van der Waals surface area (Å²) in [4.78, 5) is 23.1. The molecule has 144 valence electrons. The third kappa shape index (κ3) is 4.59. The SMILES string of the molecule is COc1ccccc1OCc1csc(C(=O)Nc2ccc([N+](=O)[O-])cc2Cl)c1. The fourth-order valence-corrected chi connectivity index (χ4v) is 3.39. The first kappa shape index (κ1) is 19.7. The smallest absolute Gasteiger partial charge is 0.271 e. The van der Waals surface area contributed by atoms with Gasteiger partial charge in [0, 0.05) is 17.7 Å². The van der Waals surface area contributed by atoms with E-state index in [4.69, 9.17) is 21.1 Å². The van der Waals surface area contributed by atoms with Crippen LogP contribution in [0.5, 0.6) is 11.5 Å². The second kappa shape index (κ2) is 8.73. The van der Waals surface area contributed by atoms with Gasteiger partial charge in [-0.2, -0.15) is 0 Å². The lowest BCUT2D eigenvalue weighted by molar-refractivity contribution is -0.384. The highest BCUT2D eigenvalue weighted by Gasteiger charge is 2.14. The number of thiophene rings is 1. The monoisotopic (exact) mass is 418 g/mol. The molecule has 0 spiro atoms. The summed E-state index contributed by atoms with van der Waals surface area (Å²) >= 11 is 7.27. The number of ether oxygens (including phenoxy) is 2. The lowest BCUT2D eigenvalue weighted by Gasteiger charge is -2.09. The number of halogens is 1. The van der Waals surface area contributed by atoms with Crippen LogP contribution < -0.4 is 14.8 Å². The molecular formula is C19H15ClN2O5S. The summed E-state index contributed by atoms with van der Waals surface area (Å²) in [7, 11) is 1.57. The van der Waals surface area contributed by atoms with Crippen molar-refractivity contribution in [1.29, 1.82) is 0 Å². The van der Waals surface area contributed by atoms with Gasteiger partial charge in [0.05, 0.1) is 27.6 Å². The number of carbonyl (C=O) groups is 1. The predicted molar refractivity (Wildman–Crippen MR) is 108 cm³/mol. The highest BCUT2D eigenvalue weighted by molar-refractivity contribution is 7.12. The highest BCUT2D eigenvalue weighted by Crippen LogP contribution is 2.29. The van der Waals surface area contributed by atoms with E-state index in [-0.39, 0.29) is 23.2 Å². The van der Waals surface area contributed by atoms with Crippen LogP contribution in [0, 0.1) is 10.1 Å². The van der Waals surface area contributed by atoms with Gasteiger partial charge >= 0.3 is 0 Å². The van der Waals surface area contributed by atoms with E-state index in [1.807, 2.05) is 17.5 Å². The molecule has 1 N–H and O–H groups in total. The maximum atomic E-state index is 12.4. The van der Waals surface area contributed by atoms with Crippen LogP contribution in [0.1, 0.15) is 15.2 Å². The Morgan fingerprint density at radius 2 is 1.96 bits per heavy atom. The molecule has 7 nitrogen and oxygen atoms in total. The number of carbonyl (C=O) groups excluding carboxylic acids is 1. The number of nitrogens with one attached hydrogen (secondary N) is 1. The number of nitro benzene ring substituents is 1. The van der Waals surface area contributed by atoms with E-state index in [0.29, 0.717) is 22.1 Å². The molecule has 0 radical (unpaired) electrons. The number of non-ortho nitro benzene ring substituents is 1. The second-order valence-corrected chi connectivity index (χ2v) is 6.95. The Morgan fingerprint density at radius 1 is 1.21 bits per heavy atom. The Hall–Kier alpha value is -3.10. The first-order valence-corrected chi connectivity index (χ1v) is 9.32. The summed E-state index contributed by atoms with van der Waals surface area (Å²) in [6.07, 6.45) is 0. The zero-order valence-electron chi connectivity index (χ0n) is 14.7. The van der Waals surface area contributed by atoms with Gasteiger partial charge in [0.15, 0.2) is 11.5 Å². The average Bonchev–Trinajstić information content (AvgIpc) is 3.17. The molecule has 3 rings (SSSR count). The lowest BCUT2D eigenvalue weighted by atomic mass is 10.2. The Morgan fingerprint density at radius 3 is 2.64 bits per heavy atom. The van der Waals surface area contributed by atoms with Crippen molar-refractivity contribution in [3.05, 3.63) is 79.5 Å². The second-order valence-electron chi connectivity index (χ2n) is 5.63. The minimum absolute atomic E-state index is 0.0961. The van der Waals surface area contributed by atoms with Crippen molar-refractivity contribution in [3.63, 3.8) is 0 Å². The molecule has 28 heavy (non-hydrogen) atoms. The van der Waals surface area contributed by atoms with Crippen LogP contribution in [0.3, 0.4) is 0 Å². The van der Waals surface area contributed by atoms with E-state index in [0.717, 1.165) is 5.56 Å². The standard InChI is InChI=1S/C19H15ClN2O5S/c1-26-16-4-2-3-5-17(16)27-10-12-8-18(28-11-12)19(23)21-15-7-6-13(22(24)25)9-14(15)20/h2-9,11H,10H2,1H3,(H,21,23). The molecule has 0 aliphatic heterocycles. The fourth-order valence-electron chi connectivity index (χ4n) is 2.37. The summed E-state index contributed by atoms with van der Waals surface area (Å²) in [5.74, 6) is 0.882. The third-order valence-electron chi connectivity index (χ3n) is 3.75. The van der Waals surface area contributed by atoms with Crippen LogP contribution in [-0.2, 0) is 6.61 Å². The molecule has 0 saturated carbocycles. The summed E-state index contributed by atoms with van der Waals surface area (Å²) in [5.41, 5.74) is 0.989. The van der Waals surface area contributed by atoms with E-state index >= 15 is 0 Å². The zero-order chi connectivity index (χ0) is 20.1. The summed E-state index contributed by atoms with van der Waals surface area (Å²) in [5, 5.41) is 15.3. The molecule has 0 saturated heterocycles. The number of nitrogens with zero attached hydrogens (tertiary/aromatic N) is 1. The average molecular weight is 419 g/mol. The lowest BCUT2D eigenvalue weighted by Crippen LogP contribution is -2.10. The Bertz CT molecular complexity index is 1020. The number of anilines is 1. The number of methoxy groups -OCH3 is 1. The number of rotatable bonds is 7. The van der Waals surface area contributed by atoms with Crippen molar-refractivity contribution in [2.24, 2.45) is 0 Å². The molecule has 0 fully saturated rings. The van der Waals surface area contributed by atoms with Crippen LogP contribution in [0.15, 0.2) is 53.9 Å². The number of para-hydroxylation sites is 2. The molecule has 1 aromatic heterocycles. The Balaban J connectivity index is 1.65. The van der Waals surface area contributed by atoms with Gasteiger partial charge in [0.2, 0.25) is 0 Å². The molecule has 1 amide bonds. The fraction of sp³-hybridized carbons (Fsp3) is 0.105. The minimum Gasteiger partial charge on any atom is -0.493 e. The molecule has 0 bridgehead atoms. The Labute approximate surface area is 169 Å². The van der Waals surface area contributed by atoms with Crippen LogP contribution >= 0.6 is 22.9 Å². The molecule has 1 heterocycles. The van der Waals surface area contributed by atoms with Crippen molar-refractivity contribution in [1.82, 2.24) is 0 Å². The van der Waals surface area contributed by atoms with Gasteiger partial charge in [-0.3, -0.25) is 14.9 Å². The van der Waals surface area contributed by atoms with E-state index in [2.05, 4.69) is 5.32 Å². The number of benzene rings is 2. The first-order valence-electron chi connectivity index (χ1n) is 8.06. The highest BCUT2D eigenvalue weighted by atomic mass is 35.5. The largest absolute Gasteiger partial charge is 0.493 e. The molecule has 3 aromatic rings. The van der Waals surface area contributed by atoms with Crippen LogP contribution in [0.4, 0.5) is 11.4 Å². The van der Waals surface area contributed by atoms with Gasteiger partial charge in [0.1, 0.15) is 6.61 Å². The number of amides is 1. The van der Waals surface area contributed by atoms with Gasteiger partial charge in [-0.05, 0) is 29.6 Å². The summed E-state index contributed by atoms with van der Waals surface area (Å²) in [6, 6.07) is 12.9. The molecule has 0 aliphatic rings. The molecule has 9 heteroatoms. The van der Waals surface area contributed by atoms with Crippen molar-refractivity contribution < 1.29 is 19.2 Å². The third-order valence-corrected chi connectivity index (χ3v) is 5.04. The van der Waals surface area contributed by atoms with Crippen LogP contribution in [0.25, 0.3) is 0 Å². The molecule has 0 aliphatic carbocycles. The molecule has 0 atom stereocenters. The molecule has 2 aromatic carbocycles. The van der Waals surface area contributed by atoms with Crippen LogP contribution in [-0.4, -0.2) is 17.9 Å². The number of hydrogen-bond donors (Lipinski definition) is 1. The topological polar surface area (TPSA) is 90.7 Å². The van der Waals surface area contributed by atoms with Crippen molar-refractivity contribution >= 4 is 40.2 Å². The molecular weight excluding hydrogens is 404 g/mol. The van der Waals surface area contributed by atoms with Crippen molar-refractivity contribution in [2.45, 2.75) is 6.61 Å². The first-order chi connectivity index (χ1) is 13.5. The van der Waals surface area contributed by atoms with E-state index in [1.54, 1.807) is 25.3 Å². The summed E-state index contributed by atoms with van der Waals surface area (Å²) < 4.78 is 11.0. The van der Waals surface area contributed by atoms with Crippen molar-refractivity contribution in [2.75, 3.05) is 12.4 Å². The van der Waals surface area contributed by atoms with E-state index < -0.39 is 4.92 Å². The van der Waals surface area contributed by atoms with Crippen LogP contribution in [0.2, 0.25) is 5.02 Å². The molecule has 0 unspecified atom stereocenters. The van der Waals surface area contributed by atoms with Gasteiger partial charge in [-0.1, -0.05) is 23.7 Å². The maximum Gasteiger partial charge on any atom is 0.271 e. The van der Waals surface area contributed by atoms with Gasteiger partial charge in [-0.15, -0.1) is 11.3 Å². The zero-order valence-corrected chi connectivity index (χ0v) is 16.3. The maximum absolute atomic E-state index is 12.4. The van der Waals surface area contributed by atoms with E-state index in [9.17, 15) is 14.9 Å². The van der Waals surface area contributed by atoms with Crippen molar-refractivity contribution in [3.8, 4) is 11.5 Å². The Kier molecular flexibility index (Phi) is 6.13. The van der Waals surface area contributed by atoms with Gasteiger partial charge in [-0.25, -0.2) is 0 Å². The minimum atomic E-state index is -0.551. The quantitative estimate of drug-likeness (QED) is 0.423. The van der Waals surface area contributed by atoms with E-state index in [1.165, 1.54) is 29.5 Å².